The minimum atomic E-state index is 0.0681. The maximum absolute atomic E-state index is 12.8. The van der Waals surface area contributed by atoms with Crippen molar-refractivity contribution in [3.05, 3.63) is 50.8 Å². The zero-order valence-electron chi connectivity index (χ0n) is 14.7. The summed E-state index contributed by atoms with van der Waals surface area (Å²) in [6, 6.07) is 5.57. The van der Waals surface area contributed by atoms with Crippen molar-refractivity contribution >= 4 is 29.1 Å². The number of aromatic nitrogens is 2. The Morgan fingerprint density at radius 1 is 1.12 bits per heavy atom. The minimum Gasteiger partial charge on any atom is -0.336 e. The Kier molecular flexibility index (Phi) is 5.37. The highest BCUT2D eigenvalue weighted by atomic mass is 35.5. The van der Waals surface area contributed by atoms with E-state index in [1.54, 1.807) is 4.68 Å². The van der Waals surface area contributed by atoms with Gasteiger partial charge in [-0.15, -0.1) is 0 Å². The van der Waals surface area contributed by atoms with Crippen molar-refractivity contribution in [2.45, 2.75) is 20.4 Å². The summed E-state index contributed by atoms with van der Waals surface area (Å²) in [6.07, 6.45) is 0. The summed E-state index contributed by atoms with van der Waals surface area (Å²) >= 11 is 12.5. The molecular weight excluding hydrogens is 359 g/mol. The Hall–Kier alpha value is -1.56. The van der Waals surface area contributed by atoms with Crippen molar-refractivity contribution in [1.82, 2.24) is 19.6 Å². The largest absolute Gasteiger partial charge is 0.336 e. The fourth-order valence-corrected chi connectivity index (χ4v) is 3.77. The molecule has 1 aliphatic heterocycles. The van der Waals surface area contributed by atoms with Gasteiger partial charge in [0, 0.05) is 61.1 Å². The van der Waals surface area contributed by atoms with Gasteiger partial charge in [0.2, 0.25) is 0 Å². The van der Waals surface area contributed by atoms with Crippen LogP contribution in [0.2, 0.25) is 10.0 Å². The second-order valence-corrected chi connectivity index (χ2v) is 7.25. The van der Waals surface area contributed by atoms with Gasteiger partial charge in [0.25, 0.3) is 5.91 Å². The van der Waals surface area contributed by atoms with Crippen LogP contribution in [0.5, 0.6) is 0 Å². The van der Waals surface area contributed by atoms with E-state index in [4.69, 9.17) is 23.2 Å². The summed E-state index contributed by atoms with van der Waals surface area (Å²) in [4.78, 5) is 17.0. The fraction of sp³-hybridized carbons (Fsp3) is 0.444. The number of rotatable bonds is 3. The molecule has 134 valence electrons. The Labute approximate surface area is 158 Å². The number of halogens is 2. The standard InChI is InChI=1S/C18H22Cl2N4O/c1-12-17(13(2)22(3)21-12)18(25)24-9-7-23(8-10-24)11-14-15(19)5-4-6-16(14)20/h4-6H,7-11H2,1-3H3. The lowest BCUT2D eigenvalue weighted by Gasteiger charge is -2.35. The van der Waals surface area contributed by atoms with Crippen LogP contribution in [-0.2, 0) is 13.6 Å². The molecule has 0 aliphatic carbocycles. The maximum atomic E-state index is 12.8. The van der Waals surface area contributed by atoms with E-state index in [1.807, 2.05) is 44.0 Å². The zero-order valence-corrected chi connectivity index (χ0v) is 16.2. The summed E-state index contributed by atoms with van der Waals surface area (Å²) < 4.78 is 1.76. The van der Waals surface area contributed by atoms with E-state index < -0.39 is 0 Å². The lowest BCUT2D eigenvalue weighted by molar-refractivity contribution is 0.0627. The van der Waals surface area contributed by atoms with E-state index in [0.717, 1.165) is 35.6 Å². The van der Waals surface area contributed by atoms with Crippen molar-refractivity contribution in [3.63, 3.8) is 0 Å². The van der Waals surface area contributed by atoms with Crippen LogP contribution in [0, 0.1) is 13.8 Å². The van der Waals surface area contributed by atoms with Crippen molar-refractivity contribution in [2.24, 2.45) is 7.05 Å². The molecule has 0 saturated carbocycles. The molecule has 0 bridgehead atoms. The van der Waals surface area contributed by atoms with Gasteiger partial charge < -0.3 is 4.90 Å². The molecule has 0 spiro atoms. The van der Waals surface area contributed by atoms with Crippen molar-refractivity contribution < 1.29 is 4.79 Å². The fourth-order valence-electron chi connectivity index (χ4n) is 3.26. The second-order valence-electron chi connectivity index (χ2n) is 6.44. The third kappa shape index (κ3) is 3.68. The van der Waals surface area contributed by atoms with E-state index in [0.29, 0.717) is 29.7 Å². The van der Waals surface area contributed by atoms with Crippen molar-refractivity contribution in [1.29, 1.82) is 0 Å². The molecule has 1 aromatic heterocycles. The molecule has 0 unspecified atom stereocenters. The highest BCUT2D eigenvalue weighted by molar-refractivity contribution is 6.35. The summed E-state index contributed by atoms with van der Waals surface area (Å²) in [5.74, 6) is 0.0681. The van der Waals surface area contributed by atoms with E-state index in [1.165, 1.54) is 0 Å². The molecule has 0 N–H and O–H groups in total. The number of carbonyl (C=O) groups is 1. The average molecular weight is 381 g/mol. The molecule has 1 fully saturated rings. The van der Waals surface area contributed by atoms with Crippen LogP contribution in [0.1, 0.15) is 27.3 Å². The van der Waals surface area contributed by atoms with Crippen molar-refractivity contribution in [3.8, 4) is 0 Å². The molecule has 5 nitrogen and oxygen atoms in total. The number of aryl methyl sites for hydroxylation is 2. The molecule has 3 rings (SSSR count). The lowest BCUT2D eigenvalue weighted by atomic mass is 10.1. The van der Waals surface area contributed by atoms with Gasteiger partial charge in [-0.3, -0.25) is 14.4 Å². The highest BCUT2D eigenvalue weighted by Gasteiger charge is 2.26. The SMILES string of the molecule is Cc1nn(C)c(C)c1C(=O)N1CCN(Cc2c(Cl)cccc2Cl)CC1. The van der Waals surface area contributed by atoms with Gasteiger partial charge in [0.15, 0.2) is 0 Å². The first kappa shape index (κ1) is 18.2. The van der Waals surface area contributed by atoms with Crippen LogP contribution in [-0.4, -0.2) is 51.7 Å². The molecule has 25 heavy (non-hydrogen) atoms. The molecular formula is C18H22Cl2N4O. The van der Waals surface area contributed by atoms with Gasteiger partial charge in [-0.25, -0.2) is 0 Å². The van der Waals surface area contributed by atoms with Gasteiger partial charge in [0.1, 0.15) is 0 Å². The first-order chi connectivity index (χ1) is 11.9. The summed E-state index contributed by atoms with van der Waals surface area (Å²) in [7, 11) is 1.87. The van der Waals surface area contributed by atoms with Crippen LogP contribution in [0.25, 0.3) is 0 Å². The molecule has 1 aliphatic rings. The Balaban J connectivity index is 1.65. The van der Waals surface area contributed by atoms with Crippen LogP contribution in [0.4, 0.5) is 0 Å². The Morgan fingerprint density at radius 2 is 1.72 bits per heavy atom. The number of hydrogen-bond donors (Lipinski definition) is 0. The van der Waals surface area contributed by atoms with Gasteiger partial charge in [-0.05, 0) is 26.0 Å². The monoisotopic (exact) mass is 380 g/mol. The van der Waals surface area contributed by atoms with Crippen LogP contribution in [0.3, 0.4) is 0 Å². The van der Waals surface area contributed by atoms with Crippen LogP contribution < -0.4 is 0 Å². The topological polar surface area (TPSA) is 41.4 Å². The number of nitrogens with zero attached hydrogens (tertiary/aromatic N) is 4. The normalized spacial score (nSPS) is 15.6. The lowest BCUT2D eigenvalue weighted by Crippen LogP contribution is -2.48. The third-order valence-electron chi connectivity index (χ3n) is 4.83. The van der Waals surface area contributed by atoms with E-state index >= 15 is 0 Å². The van der Waals surface area contributed by atoms with Gasteiger partial charge in [-0.1, -0.05) is 29.3 Å². The second kappa shape index (κ2) is 7.36. The Morgan fingerprint density at radius 3 is 2.24 bits per heavy atom. The molecule has 2 heterocycles. The third-order valence-corrected chi connectivity index (χ3v) is 5.53. The molecule has 1 saturated heterocycles. The predicted octanol–water partition coefficient (Wildman–Crippen LogP) is 3.30. The summed E-state index contributed by atoms with van der Waals surface area (Å²) in [5.41, 5.74) is 3.37. The summed E-state index contributed by atoms with van der Waals surface area (Å²) in [6.45, 7) is 7.49. The number of amides is 1. The minimum absolute atomic E-state index is 0.0681. The van der Waals surface area contributed by atoms with Gasteiger partial charge in [0.05, 0.1) is 11.3 Å². The molecule has 1 aromatic carbocycles. The van der Waals surface area contributed by atoms with Crippen molar-refractivity contribution in [2.75, 3.05) is 26.2 Å². The average Bonchev–Trinajstić information content (AvgIpc) is 2.83. The number of piperazine rings is 1. The zero-order chi connectivity index (χ0) is 18.1. The van der Waals surface area contributed by atoms with Gasteiger partial charge in [-0.2, -0.15) is 5.10 Å². The Bertz CT molecular complexity index is 774. The first-order valence-corrected chi connectivity index (χ1v) is 9.08. The molecule has 0 radical (unpaired) electrons. The van der Waals surface area contributed by atoms with Crippen LogP contribution in [0.15, 0.2) is 18.2 Å². The van der Waals surface area contributed by atoms with Gasteiger partial charge >= 0.3 is 0 Å². The predicted molar refractivity (Wildman–Crippen MR) is 100 cm³/mol. The maximum Gasteiger partial charge on any atom is 0.257 e. The molecule has 0 atom stereocenters. The number of benzene rings is 1. The van der Waals surface area contributed by atoms with E-state index in [-0.39, 0.29) is 5.91 Å². The van der Waals surface area contributed by atoms with E-state index in [9.17, 15) is 4.79 Å². The number of carbonyl (C=O) groups excluding carboxylic acids is 1. The van der Waals surface area contributed by atoms with E-state index in [2.05, 4.69) is 10.00 Å². The molecule has 7 heteroatoms. The molecule has 2 aromatic rings. The smallest absolute Gasteiger partial charge is 0.257 e. The first-order valence-electron chi connectivity index (χ1n) is 8.33. The summed E-state index contributed by atoms with van der Waals surface area (Å²) in [5, 5.41) is 5.72. The quantitative estimate of drug-likeness (QED) is 0.819. The number of hydrogen-bond acceptors (Lipinski definition) is 3. The molecule has 1 amide bonds. The highest BCUT2D eigenvalue weighted by Crippen LogP contribution is 2.26. The van der Waals surface area contributed by atoms with Crippen LogP contribution >= 0.6 is 23.2 Å².